The average Bonchev–Trinajstić information content (AvgIpc) is 2.75. The predicted molar refractivity (Wildman–Crippen MR) is 75.4 cm³/mol. The number of carbonyl (C=O) groups is 2. The third-order valence-corrected chi connectivity index (χ3v) is 3.68. The molecule has 1 aliphatic rings. The van der Waals surface area contributed by atoms with Gasteiger partial charge in [0.05, 0.1) is 25.0 Å². The molecule has 3 atom stereocenters. The summed E-state index contributed by atoms with van der Waals surface area (Å²) < 4.78 is 5.38. The third kappa shape index (κ3) is 5.46. The summed E-state index contributed by atoms with van der Waals surface area (Å²) in [5.41, 5.74) is 0. The van der Waals surface area contributed by atoms with Crippen LogP contribution in [-0.2, 0) is 14.3 Å². The van der Waals surface area contributed by atoms with Crippen LogP contribution in [0.3, 0.4) is 0 Å². The lowest BCUT2D eigenvalue weighted by Crippen LogP contribution is -2.37. The average molecular weight is 286 g/mol. The van der Waals surface area contributed by atoms with Crippen LogP contribution in [0.4, 0.5) is 0 Å². The van der Waals surface area contributed by atoms with E-state index >= 15 is 0 Å². The van der Waals surface area contributed by atoms with Crippen LogP contribution < -0.4 is 5.32 Å². The summed E-state index contributed by atoms with van der Waals surface area (Å²) in [7, 11) is 3.94. The quantitative estimate of drug-likeness (QED) is 0.633. The molecule has 1 aliphatic carbocycles. The number of carboxylic acid groups (broad SMARTS) is 1. The van der Waals surface area contributed by atoms with E-state index in [2.05, 4.69) is 5.32 Å². The number of rotatable bonds is 8. The van der Waals surface area contributed by atoms with E-state index in [9.17, 15) is 9.59 Å². The molecule has 6 heteroatoms. The highest BCUT2D eigenvalue weighted by Crippen LogP contribution is 2.36. The number of aliphatic carboxylic acids is 1. The Morgan fingerprint density at radius 3 is 2.50 bits per heavy atom. The molecule has 0 spiro atoms. The number of carboxylic acids is 1. The second-order valence-electron chi connectivity index (χ2n) is 5.83. The molecule has 0 aromatic heterocycles. The van der Waals surface area contributed by atoms with Crippen molar-refractivity contribution in [3.05, 3.63) is 0 Å². The van der Waals surface area contributed by atoms with Gasteiger partial charge in [-0.05, 0) is 32.9 Å². The zero-order chi connectivity index (χ0) is 15.1. The summed E-state index contributed by atoms with van der Waals surface area (Å²) in [5.74, 6) is -1.66. The maximum atomic E-state index is 12.0. The van der Waals surface area contributed by atoms with E-state index in [0.29, 0.717) is 38.5 Å². The molecule has 0 aromatic rings. The number of nitrogens with zero attached hydrogens (tertiary/aromatic N) is 1. The van der Waals surface area contributed by atoms with Crippen molar-refractivity contribution in [1.82, 2.24) is 10.2 Å². The maximum Gasteiger partial charge on any atom is 0.307 e. The lowest BCUT2D eigenvalue weighted by Gasteiger charge is -2.15. The number of carbonyl (C=O) groups excluding carboxylic acids is 1. The molecule has 1 saturated carbocycles. The van der Waals surface area contributed by atoms with Gasteiger partial charge < -0.3 is 20.1 Å². The zero-order valence-electron chi connectivity index (χ0n) is 12.6. The van der Waals surface area contributed by atoms with Crippen molar-refractivity contribution in [3.63, 3.8) is 0 Å². The van der Waals surface area contributed by atoms with Gasteiger partial charge in [0, 0.05) is 13.1 Å². The standard InChI is InChI=1S/C14H26N2O4/c1-10-8-11(12(9-10)14(18)19)13(17)15-4-6-20-7-5-16(2)3/h10-12H,4-9H2,1-3H3,(H,15,17)(H,18,19)/t10?,11-,12+/m0/s1. The molecule has 6 nitrogen and oxygen atoms in total. The molecule has 0 saturated heterocycles. The normalized spacial score (nSPS) is 25.9. The van der Waals surface area contributed by atoms with Gasteiger partial charge >= 0.3 is 5.97 Å². The number of amides is 1. The SMILES string of the molecule is CC1C[C@H](C(=O)NCCOCCN(C)C)[C@H](C(=O)O)C1. The molecule has 1 unspecified atom stereocenters. The fourth-order valence-electron chi connectivity index (χ4n) is 2.58. The monoisotopic (exact) mass is 286 g/mol. The van der Waals surface area contributed by atoms with Crippen molar-refractivity contribution < 1.29 is 19.4 Å². The maximum absolute atomic E-state index is 12.0. The van der Waals surface area contributed by atoms with Crippen LogP contribution in [0.2, 0.25) is 0 Å². The number of nitrogens with one attached hydrogen (secondary N) is 1. The summed E-state index contributed by atoms with van der Waals surface area (Å²) >= 11 is 0. The summed E-state index contributed by atoms with van der Waals surface area (Å²) in [4.78, 5) is 25.2. The molecule has 0 radical (unpaired) electrons. The van der Waals surface area contributed by atoms with Crippen LogP contribution in [0.25, 0.3) is 0 Å². The Balaban J connectivity index is 2.23. The third-order valence-electron chi connectivity index (χ3n) is 3.68. The first-order valence-electron chi connectivity index (χ1n) is 7.14. The van der Waals surface area contributed by atoms with Gasteiger partial charge in [-0.25, -0.2) is 0 Å². The summed E-state index contributed by atoms with van der Waals surface area (Å²) in [6, 6.07) is 0. The molecule has 0 aliphatic heterocycles. The molecule has 0 bridgehead atoms. The van der Waals surface area contributed by atoms with E-state index in [1.807, 2.05) is 25.9 Å². The topological polar surface area (TPSA) is 78.9 Å². The molecule has 1 fully saturated rings. The Bertz CT molecular complexity index is 333. The molecule has 1 rings (SSSR count). The first-order valence-corrected chi connectivity index (χ1v) is 7.14. The molecule has 0 aromatic carbocycles. The lowest BCUT2D eigenvalue weighted by atomic mass is 9.95. The second-order valence-corrected chi connectivity index (χ2v) is 5.83. The first-order chi connectivity index (χ1) is 9.41. The molecule has 2 N–H and O–H groups in total. The molecule has 20 heavy (non-hydrogen) atoms. The number of ether oxygens (including phenoxy) is 1. The van der Waals surface area contributed by atoms with Crippen LogP contribution in [0.15, 0.2) is 0 Å². The van der Waals surface area contributed by atoms with Crippen LogP contribution in [-0.4, -0.2) is 62.3 Å². The van der Waals surface area contributed by atoms with Gasteiger partial charge in [-0.1, -0.05) is 6.92 Å². The van der Waals surface area contributed by atoms with Crippen LogP contribution >= 0.6 is 0 Å². The highest BCUT2D eigenvalue weighted by molar-refractivity contribution is 5.85. The fourth-order valence-corrected chi connectivity index (χ4v) is 2.58. The minimum absolute atomic E-state index is 0.155. The highest BCUT2D eigenvalue weighted by Gasteiger charge is 2.40. The first kappa shape index (κ1) is 16.9. The Kier molecular flexibility index (Phi) is 6.95. The molecular weight excluding hydrogens is 260 g/mol. The van der Waals surface area contributed by atoms with Gasteiger partial charge in [0.15, 0.2) is 0 Å². The second kappa shape index (κ2) is 8.21. The van der Waals surface area contributed by atoms with E-state index in [4.69, 9.17) is 9.84 Å². The van der Waals surface area contributed by atoms with Gasteiger partial charge in [0.2, 0.25) is 5.91 Å². The number of hydrogen-bond acceptors (Lipinski definition) is 4. The fraction of sp³-hybridized carbons (Fsp3) is 0.857. The van der Waals surface area contributed by atoms with Crippen molar-refractivity contribution in [2.75, 3.05) is 40.4 Å². The van der Waals surface area contributed by atoms with Crippen LogP contribution in [0.5, 0.6) is 0 Å². The van der Waals surface area contributed by atoms with Gasteiger partial charge in [0.25, 0.3) is 0 Å². The van der Waals surface area contributed by atoms with Gasteiger partial charge in [-0.3, -0.25) is 9.59 Å². The number of likely N-dealkylation sites (N-methyl/N-ethyl adjacent to an activating group) is 1. The van der Waals surface area contributed by atoms with Crippen molar-refractivity contribution in [3.8, 4) is 0 Å². The zero-order valence-corrected chi connectivity index (χ0v) is 12.6. The lowest BCUT2D eigenvalue weighted by molar-refractivity contribution is -0.146. The molecule has 1 amide bonds. The minimum atomic E-state index is -0.864. The van der Waals surface area contributed by atoms with E-state index in [1.165, 1.54) is 0 Å². The minimum Gasteiger partial charge on any atom is -0.481 e. The highest BCUT2D eigenvalue weighted by atomic mass is 16.5. The predicted octanol–water partition coefficient (Wildman–Crippen LogP) is 0.428. The van der Waals surface area contributed by atoms with Crippen molar-refractivity contribution in [2.45, 2.75) is 19.8 Å². The Morgan fingerprint density at radius 2 is 1.90 bits per heavy atom. The smallest absolute Gasteiger partial charge is 0.307 e. The van der Waals surface area contributed by atoms with E-state index in [1.54, 1.807) is 0 Å². The Morgan fingerprint density at radius 1 is 1.25 bits per heavy atom. The van der Waals surface area contributed by atoms with Gasteiger partial charge in [-0.15, -0.1) is 0 Å². The summed E-state index contributed by atoms with van der Waals surface area (Å²) in [6.45, 7) is 4.35. The Hall–Kier alpha value is -1.14. The van der Waals surface area contributed by atoms with Gasteiger partial charge in [0.1, 0.15) is 0 Å². The number of hydrogen-bond donors (Lipinski definition) is 2. The van der Waals surface area contributed by atoms with E-state index in [0.717, 1.165) is 6.54 Å². The molecular formula is C14H26N2O4. The molecule has 116 valence electrons. The summed E-state index contributed by atoms with van der Waals surface area (Å²) in [6.07, 6.45) is 1.25. The van der Waals surface area contributed by atoms with Crippen molar-refractivity contribution in [2.24, 2.45) is 17.8 Å². The van der Waals surface area contributed by atoms with Crippen LogP contribution in [0.1, 0.15) is 19.8 Å². The van der Waals surface area contributed by atoms with Crippen LogP contribution in [0, 0.1) is 17.8 Å². The summed E-state index contributed by atoms with van der Waals surface area (Å²) in [5, 5.41) is 11.9. The largest absolute Gasteiger partial charge is 0.481 e. The van der Waals surface area contributed by atoms with Gasteiger partial charge in [-0.2, -0.15) is 0 Å². The van der Waals surface area contributed by atoms with E-state index < -0.39 is 17.8 Å². The van der Waals surface area contributed by atoms with Crippen molar-refractivity contribution >= 4 is 11.9 Å². The Labute approximate surface area is 120 Å². The van der Waals surface area contributed by atoms with E-state index in [-0.39, 0.29) is 5.91 Å². The van der Waals surface area contributed by atoms with Crippen molar-refractivity contribution in [1.29, 1.82) is 0 Å². The molecule has 0 heterocycles.